The molecular weight excluding hydrogens is 420 g/mol. The first-order valence-electron chi connectivity index (χ1n) is 11.3. The smallest absolute Gasteiger partial charge is 0.295 e. The van der Waals surface area contributed by atoms with Gasteiger partial charge in [-0.25, -0.2) is 0 Å². The van der Waals surface area contributed by atoms with Crippen molar-refractivity contribution in [1.29, 1.82) is 0 Å². The number of aliphatic hydroxyl groups is 1. The van der Waals surface area contributed by atoms with Crippen LogP contribution in [0.25, 0.3) is 5.76 Å². The van der Waals surface area contributed by atoms with E-state index in [4.69, 9.17) is 9.47 Å². The summed E-state index contributed by atoms with van der Waals surface area (Å²) in [6.07, 6.45) is 0.897. The maximum absolute atomic E-state index is 13.1. The Balaban J connectivity index is 2.04. The van der Waals surface area contributed by atoms with Crippen molar-refractivity contribution < 1.29 is 24.2 Å². The molecule has 3 rings (SSSR count). The highest BCUT2D eigenvalue weighted by Crippen LogP contribution is 2.39. The first kappa shape index (κ1) is 24.3. The van der Waals surface area contributed by atoms with E-state index in [2.05, 4.69) is 0 Å². The van der Waals surface area contributed by atoms with Crippen LogP contribution in [0.5, 0.6) is 11.5 Å². The Bertz CT molecular complexity index is 996. The van der Waals surface area contributed by atoms with Gasteiger partial charge >= 0.3 is 0 Å². The number of ether oxygens (including phenoxy) is 2. The fourth-order valence-electron chi connectivity index (χ4n) is 3.76. The summed E-state index contributed by atoms with van der Waals surface area (Å²) in [7, 11) is 3.82. The predicted octanol–water partition coefficient (Wildman–Crippen LogP) is 3.86. The molecule has 176 valence electrons. The Morgan fingerprint density at radius 1 is 0.970 bits per heavy atom. The van der Waals surface area contributed by atoms with Gasteiger partial charge in [0, 0.05) is 18.7 Å². The number of likely N-dealkylation sites (N-methyl/N-ethyl adjacent to an activating group) is 1. The van der Waals surface area contributed by atoms with Crippen molar-refractivity contribution in [3.8, 4) is 11.5 Å². The second kappa shape index (κ2) is 11.0. The molecule has 33 heavy (non-hydrogen) atoms. The van der Waals surface area contributed by atoms with Crippen molar-refractivity contribution in [2.24, 2.45) is 0 Å². The topological polar surface area (TPSA) is 79.3 Å². The Kier molecular flexibility index (Phi) is 8.11. The Morgan fingerprint density at radius 3 is 2.15 bits per heavy atom. The molecule has 1 N–H and O–H groups in total. The Morgan fingerprint density at radius 2 is 1.58 bits per heavy atom. The van der Waals surface area contributed by atoms with Crippen LogP contribution in [0.15, 0.2) is 54.1 Å². The van der Waals surface area contributed by atoms with Crippen molar-refractivity contribution in [2.45, 2.75) is 26.3 Å². The summed E-state index contributed by atoms with van der Waals surface area (Å²) in [5.41, 5.74) is 1.28. The summed E-state index contributed by atoms with van der Waals surface area (Å²) < 4.78 is 11.1. The van der Waals surface area contributed by atoms with Gasteiger partial charge < -0.3 is 24.4 Å². The van der Waals surface area contributed by atoms with Crippen molar-refractivity contribution in [2.75, 3.05) is 40.4 Å². The largest absolute Gasteiger partial charge is 0.507 e. The second-order valence-electron chi connectivity index (χ2n) is 8.17. The van der Waals surface area contributed by atoms with Gasteiger partial charge in [0.05, 0.1) is 24.8 Å². The number of aliphatic hydroxyl groups excluding tert-OH is 1. The Hall–Kier alpha value is -3.32. The van der Waals surface area contributed by atoms with Crippen LogP contribution in [0.4, 0.5) is 0 Å². The van der Waals surface area contributed by atoms with Gasteiger partial charge in [-0.05, 0) is 69.4 Å². The SMILES string of the molecule is CCCOc1ccc([C@H]2C(=C(O)c3ccc(OCC)cc3)C(=O)C(=O)N2CCN(C)C)cc1. The van der Waals surface area contributed by atoms with Crippen molar-refractivity contribution in [3.05, 3.63) is 65.2 Å². The molecule has 0 saturated carbocycles. The molecule has 1 saturated heterocycles. The molecule has 7 heteroatoms. The molecule has 1 atom stereocenters. The average molecular weight is 453 g/mol. The van der Waals surface area contributed by atoms with Crippen LogP contribution >= 0.6 is 0 Å². The molecule has 1 heterocycles. The number of rotatable bonds is 10. The molecule has 1 amide bonds. The summed E-state index contributed by atoms with van der Waals surface area (Å²) in [4.78, 5) is 29.5. The van der Waals surface area contributed by atoms with Gasteiger partial charge in [0.25, 0.3) is 11.7 Å². The fraction of sp³-hybridized carbons (Fsp3) is 0.385. The molecule has 2 aromatic carbocycles. The van der Waals surface area contributed by atoms with Gasteiger partial charge in [0.15, 0.2) is 0 Å². The molecule has 0 aliphatic carbocycles. The highest BCUT2D eigenvalue weighted by Gasteiger charge is 2.45. The van der Waals surface area contributed by atoms with E-state index in [9.17, 15) is 14.7 Å². The summed E-state index contributed by atoms with van der Waals surface area (Å²) >= 11 is 0. The number of amides is 1. The summed E-state index contributed by atoms with van der Waals surface area (Å²) in [5, 5.41) is 11.1. The normalized spacial score (nSPS) is 17.6. The zero-order valence-electron chi connectivity index (χ0n) is 19.7. The van der Waals surface area contributed by atoms with E-state index in [1.54, 1.807) is 24.3 Å². The quantitative estimate of drug-likeness (QED) is 0.335. The molecule has 7 nitrogen and oxygen atoms in total. The molecule has 0 unspecified atom stereocenters. The number of ketones is 1. The lowest BCUT2D eigenvalue weighted by molar-refractivity contribution is -0.140. The lowest BCUT2D eigenvalue weighted by atomic mass is 9.95. The van der Waals surface area contributed by atoms with Crippen LogP contribution in [0, 0.1) is 0 Å². The molecule has 0 bridgehead atoms. The first-order valence-corrected chi connectivity index (χ1v) is 11.3. The maximum atomic E-state index is 13.1. The third kappa shape index (κ3) is 5.54. The van der Waals surface area contributed by atoms with Crippen LogP contribution in [0.3, 0.4) is 0 Å². The predicted molar refractivity (Wildman–Crippen MR) is 127 cm³/mol. The molecule has 2 aromatic rings. The number of Topliss-reactive ketones (excluding diaryl/α,β-unsaturated/α-hetero) is 1. The lowest BCUT2D eigenvalue weighted by Crippen LogP contribution is -2.35. The summed E-state index contributed by atoms with van der Waals surface area (Å²) in [6.45, 7) is 6.01. The number of hydrogen-bond acceptors (Lipinski definition) is 6. The number of carbonyl (C=O) groups excluding carboxylic acids is 2. The Labute approximate surface area is 195 Å². The van der Waals surface area contributed by atoms with Gasteiger partial charge in [-0.15, -0.1) is 0 Å². The van der Waals surface area contributed by atoms with Gasteiger partial charge in [-0.2, -0.15) is 0 Å². The molecular formula is C26H32N2O5. The minimum absolute atomic E-state index is 0.0881. The van der Waals surface area contributed by atoms with Gasteiger partial charge in [0.1, 0.15) is 17.3 Å². The van der Waals surface area contributed by atoms with Crippen LogP contribution in [0.1, 0.15) is 37.4 Å². The van der Waals surface area contributed by atoms with E-state index in [1.807, 2.05) is 57.1 Å². The minimum atomic E-state index is -0.684. The maximum Gasteiger partial charge on any atom is 0.295 e. The van der Waals surface area contributed by atoms with Crippen LogP contribution < -0.4 is 9.47 Å². The van der Waals surface area contributed by atoms with Crippen LogP contribution in [0.2, 0.25) is 0 Å². The van der Waals surface area contributed by atoms with Crippen molar-refractivity contribution in [1.82, 2.24) is 9.80 Å². The standard InChI is InChI=1S/C26H32N2O5/c1-5-17-33-21-11-7-18(8-12-21)23-22(25(30)26(31)28(23)16-15-27(3)4)24(29)19-9-13-20(14-10-19)32-6-2/h7-14,23,29H,5-6,15-17H2,1-4H3/t23-/m0/s1. The average Bonchev–Trinajstić information content (AvgIpc) is 3.06. The second-order valence-corrected chi connectivity index (χ2v) is 8.17. The van der Waals surface area contributed by atoms with E-state index >= 15 is 0 Å². The monoisotopic (exact) mass is 452 g/mol. The zero-order chi connectivity index (χ0) is 24.0. The summed E-state index contributed by atoms with van der Waals surface area (Å²) in [5.74, 6) is -0.103. The molecule has 0 radical (unpaired) electrons. The van der Waals surface area contributed by atoms with E-state index < -0.39 is 17.7 Å². The highest BCUT2D eigenvalue weighted by atomic mass is 16.5. The molecule has 1 aliphatic rings. The fourth-order valence-corrected chi connectivity index (χ4v) is 3.76. The lowest BCUT2D eigenvalue weighted by Gasteiger charge is -2.26. The number of likely N-dealkylation sites (tertiary alicyclic amines) is 1. The van der Waals surface area contributed by atoms with E-state index in [0.29, 0.717) is 37.6 Å². The number of hydrogen-bond donors (Lipinski definition) is 1. The highest BCUT2D eigenvalue weighted by molar-refractivity contribution is 6.46. The van der Waals surface area contributed by atoms with Gasteiger partial charge in [0.2, 0.25) is 0 Å². The van der Waals surface area contributed by atoms with Gasteiger partial charge in [-0.1, -0.05) is 19.1 Å². The number of nitrogens with zero attached hydrogens (tertiary/aromatic N) is 2. The number of carbonyl (C=O) groups is 2. The molecule has 1 aliphatic heterocycles. The van der Waals surface area contributed by atoms with Crippen molar-refractivity contribution in [3.63, 3.8) is 0 Å². The molecule has 0 spiro atoms. The van der Waals surface area contributed by atoms with Crippen LogP contribution in [-0.2, 0) is 9.59 Å². The third-order valence-corrected chi connectivity index (χ3v) is 5.44. The molecule has 0 aromatic heterocycles. The van der Waals surface area contributed by atoms with Crippen molar-refractivity contribution >= 4 is 17.4 Å². The van der Waals surface area contributed by atoms with Gasteiger partial charge in [-0.3, -0.25) is 9.59 Å². The first-order chi connectivity index (χ1) is 15.9. The summed E-state index contributed by atoms with van der Waals surface area (Å²) in [6, 6.07) is 13.5. The van der Waals surface area contributed by atoms with E-state index in [1.165, 1.54) is 4.90 Å². The molecule has 1 fully saturated rings. The zero-order valence-corrected chi connectivity index (χ0v) is 19.7. The minimum Gasteiger partial charge on any atom is -0.507 e. The third-order valence-electron chi connectivity index (χ3n) is 5.44. The van der Waals surface area contributed by atoms with E-state index in [0.717, 1.165) is 17.7 Å². The van der Waals surface area contributed by atoms with E-state index in [-0.39, 0.29) is 11.3 Å². The number of benzene rings is 2. The van der Waals surface area contributed by atoms with Crippen LogP contribution in [-0.4, -0.2) is 67.0 Å².